The van der Waals surface area contributed by atoms with Crippen molar-refractivity contribution in [3.63, 3.8) is 0 Å². The molecule has 0 saturated carbocycles. The lowest BCUT2D eigenvalue weighted by molar-refractivity contribution is 0.478. The van der Waals surface area contributed by atoms with Gasteiger partial charge in [0.25, 0.3) is 0 Å². The first kappa shape index (κ1) is 14.7. The number of hydrogen-bond acceptors (Lipinski definition) is 2. The Labute approximate surface area is 133 Å². The summed E-state index contributed by atoms with van der Waals surface area (Å²) in [5.41, 5.74) is 4.03. The molecule has 114 valence electrons. The molecule has 0 saturated heterocycles. The van der Waals surface area contributed by atoms with Crippen LogP contribution in [-0.2, 0) is 5.41 Å². The number of benzene rings is 2. The summed E-state index contributed by atoms with van der Waals surface area (Å²) >= 11 is 0. The zero-order valence-corrected chi connectivity index (χ0v) is 13.6. The monoisotopic (exact) mass is 292 g/mol. The van der Waals surface area contributed by atoms with Gasteiger partial charge in [-0.05, 0) is 43.0 Å². The van der Waals surface area contributed by atoms with Gasteiger partial charge in [0.1, 0.15) is 0 Å². The highest BCUT2D eigenvalue weighted by Crippen LogP contribution is 2.45. The normalized spacial score (nSPS) is 19.4. The molecule has 2 nitrogen and oxygen atoms in total. The number of fused-ring (bicyclic) bond motifs is 1. The predicted molar refractivity (Wildman–Crippen MR) is 95.5 cm³/mol. The molecule has 0 fully saturated rings. The third-order valence-electron chi connectivity index (χ3n) is 4.63. The van der Waals surface area contributed by atoms with Gasteiger partial charge in [-0.1, -0.05) is 50.2 Å². The maximum Gasteiger partial charge on any atom is 0.0582 e. The lowest BCUT2D eigenvalue weighted by atomic mass is 9.80. The molecule has 0 amide bonds. The molecule has 0 aromatic heterocycles. The molecule has 1 aliphatic heterocycles. The molecule has 0 bridgehead atoms. The SMILES string of the molecule is CCN1c2ccccc2C(C)(C)C1/C=C/Nc1ccccc1. The minimum atomic E-state index is 0.113. The van der Waals surface area contributed by atoms with Gasteiger partial charge in [-0.25, -0.2) is 0 Å². The zero-order chi connectivity index (χ0) is 15.6. The fourth-order valence-corrected chi connectivity index (χ4v) is 3.45. The highest BCUT2D eigenvalue weighted by atomic mass is 15.2. The number of nitrogens with zero attached hydrogens (tertiary/aromatic N) is 1. The highest BCUT2D eigenvalue weighted by molar-refractivity contribution is 5.65. The van der Waals surface area contributed by atoms with Crippen LogP contribution in [0.4, 0.5) is 11.4 Å². The van der Waals surface area contributed by atoms with E-state index in [0.29, 0.717) is 6.04 Å². The summed E-state index contributed by atoms with van der Waals surface area (Å²) in [5, 5.41) is 3.37. The molecule has 1 atom stereocenters. The van der Waals surface area contributed by atoms with Crippen molar-refractivity contribution < 1.29 is 0 Å². The fourth-order valence-electron chi connectivity index (χ4n) is 3.45. The van der Waals surface area contributed by atoms with Crippen molar-refractivity contribution in [3.05, 3.63) is 72.4 Å². The fraction of sp³-hybridized carbons (Fsp3) is 0.300. The van der Waals surface area contributed by atoms with Crippen molar-refractivity contribution in [1.29, 1.82) is 0 Å². The van der Waals surface area contributed by atoms with Crippen LogP contribution in [-0.4, -0.2) is 12.6 Å². The van der Waals surface area contributed by atoms with Crippen LogP contribution >= 0.6 is 0 Å². The molecule has 0 aliphatic carbocycles. The van der Waals surface area contributed by atoms with E-state index in [-0.39, 0.29) is 5.41 Å². The van der Waals surface area contributed by atoms with Crippen LogP contribution in [0.5, 0.6) is 0 Å². The van der Waals surface area contributed by atoms with Gasteiger partial charge in [0.15, 0.2) is 0 Å². The Morgan fingerprint density at radius 3 is 2.45 bits per heavy atom. The van der Waals surface area contributed by atoms with Gasteiger partial charge >= 0.3 is 0 Å². The van der Waals surface area contributed by atoms with Crippen molar-refractivity contribution in [2.24, 2.45) is 0 Å². The first-order chi connectivity index (χ1) is 10.6. The van der Waals surface area contributed by atoms with E-state index in [1.54, 1.807) is 0 Å². The molecule has 1 unspecified atom stereocenters. The predicted octanol–water partition coefficient (Wildman–Crippen LogP) is 4.80. The highest BCUT2D eigenvalue weighted by Gasteiger charge is 2.42. The second kappa shape index (κ2) is 5.88. The Morgan fingerprint density at radius 2 is 1.73 bits per heavy atom. The van der Waals surface area contributed by atoms with Crippen LogP contribution in [0.15, 0.2) is 66.9 Å². The average Bonchev–Trinajstić information content (AvgIpc) is 2.76. The van der Waals surface area contributed by atoms with Crippen LogP contribution < -0.4 is 10.2 Å². The molecule has 0 spiro atoms. The second-order valence-corrected chi connectivity index (χ2v) is 6.34. The number of para-hydroxylation sites is 2. The van der Waals surface area contributed by atoms with Crippen molar-refractivity contribution in [1.82, 2.24) is 0 Å². The number of nitrogens with one attached hydrogen (secondary N) is 1. The molecule has 2 aromatic carbocycles. The lowest BCUT2D eigenvalue weighted by Crippen LogP contribution is -2.39. The number of hydrogen-bond donors (Lipinski definition) is 1. The van der Waals surface area contributed by atoms with Gasteiger partial charge in [0.05, 0.1) is 6.04 Å². The Hall–Kier alpha value is -2.22. The van der Waals surface area contributed by atoms with Gasteiger partial charge in [-0.2, -0.15) is 0 Å². The van der Waals surface area contributed by atoms with Gasteiger partial charge < -0.3 is 10.2 Å². The Morgan fingerprint density at radius 1 is 1.05 bits per heavy atom. The van der Waals surface area contributed by atoms with Gasteiger partial charge in [-0.3, -0.25) is 0 Å². The summed E-state index contributed by atoms with van der Waals surface area (Å²) in [4.78, 5) is 2.48. The molecule has 0 radical (unpaired) electrons. The van der Waals surface area contributed by atoms with Crippen LogP contribution in [0.3, 0.4) is 0 Å². The lowest BCUT2D eigenvalue weighted by Gasteiger charge is -2.31. The zero-order valence-electron chi connectivity index (χ0n) is 13.6. The Balaban J connectivity index is 1.84. The molecule has 1 aliphatic rings. The number of likely N-dealkylation sites (N-methyl/N-ethyl adjacent to an activating group) is 1. The summed E-state index contributed by atoms with van der Waals surface area (Å²) in [6.07, 6.45) is 4.37. The first-order valence-electron chi connectivity index (χ1n) is 7.99. The maximum absolute atomic E-state index is 3.37. The molecule has 22 heavy (non-hydrogen) atoms. The Kier molecular flexibility index (Phi) is 3.93. The maximum atomic E-state index is 3.37. The van der Waals surface area contributed by atoms with Gasteiger partial charge in [0.2, 0.25) is 0 Å². The standard InChI is InChI=1S/C20H24N2/c1-4-22-18-13-9-8-12-17(18)20(2,3)19(22)14-15-21-16-10-6-5-7-11-16/h5-15,19,21H,4H2,1-3H3/b15-14+. The van der Waals surface area contributed by atoms with E-state index in [2.05, 4.69) is 79.7 Å². The van der Waals surface area contributed by atoms with E-state index < -0.39 is 0 Å². The van der Waals surface area contributed by atoms with Crippen molar-refractivity contribution in [3.8, 4) is 0 Å². The molecule has 1 N–H and O–H groups in total. The van der Waals surface area contributed by atoms with Gasteiger partial charge in [0, 0.05) is 23.3 Å². The van der Waals surface area contributed by atoms with E-state index >= 15 is 0 Å². The van der Waals surface area contributed by atoms with E-state index in [1.165, 1.54) is 11.3 Å². The Bertz CT molecular complexity index is 658. The molecule has 2 aromatic rings. The van der Waals surface area contributed by atoms with Crippen molar-refractivity contribution in [2.45, 2.75) is 32.2 Å². The molecular weight excluding hydrogens is 268 g/mol. The summed E-state index contributed by atoms with van der Waals surface area (Å²) in [7, 11) is 0. The minimum Gasteiger partial charge on any atom is -0.364 e. The van der Waals surface area contributed by atoms with Crippen LogP contribution in [0.1, 0.15) is 26.3 Å². The van der Waals surface area contributed by atoms with E-state index in [1.807, 2.05) is 18.2 Å². The number of rotatable bonds is 4. The third kappa shape index (κ3) is 2.50. The minimum absolute atomic E-state index is 0.113. The van der Waals surface area contributed by atoms with Crippen LogP contribution in [0.2, 0.25) is 0 Å². The molecule has 2 heteroatoms. The van der Waals surface area contributed by atoms with E-state index in [0.717, 1.165) is 12.2 Å². The van der Waals surface area contributed by atoms with Crippen molar-refractivity contribution in [2.75, 3.05) is 16.8 Å². The van der Waals surface area contributed by atoms with E-state index in [9.17, 15) is 0 Å². The number of anilines is 2. The first-order valence-corrected chi connectivity index (χ1v) is 7.99. The van der Waals surface area contributed by atoms with Crippen molar-refractivity contribution >= 4 is 11.4 Å². The van der Waals surface area contributed by atoms with E-state index in [4.69, 9.17) is 0 Å². The third-order valence-corrected chi connectivity index (χ3v) is 4.63. The summed E-state index contributed by atoms with van der Waals surface area (Å²) in [5.74, 6) is 0. The summed E-state index contributed by atoms with van der Waals surface area (Å²) < 4.78 is 0. The summed E-state index contributed by atoms with van der Waals surface area (Å²) in [6.45, 7) is 7.91. The molecule has 1 heterocycles. The second-order valence-electron chi connectivity index (χ2n) is 6.34. The van der Waals surface area contributed by atoms with Crippen LogP contribution in [0, 0.1) is 0 Å². The molecule has 3 rings (SSSR count). The largest absolute Gasteiger partial charge is 0.364 e. The smallest absolute Gasteiger partial charge is 0.0582 e. The topological polar surface area (TPSA) is 15.3 Å². The summed E-state index contributed by atoms with van der Waals surface area (Å²) in [6, 6.07) is 19.4. The quantitative estimate of drug-likeness (QED) is 0.871. The molecular formula is C20H24N2. The van der Waals surface area contributed by atoms with Crippen LogP contribution in [0.25, 0.3) is 0 Å². The van der Waals surface area contributed by atoms with Gasteiger partial charge in [-0.15, -0.1) is 0 Å². The average molecular weight is 292 g/mol.